The average Bonchev–Trinajstić information content (AvgIpc) is 2.34. The number of rotatable bonds is 1. The highest BCUT2D eigenvalue weighted by molar-refractivity contribution is 5.65. The second-order valence-corrected chi connectivity index (χ2v) is 3.50. The van der Waals surface area contributed by atoms with Gasteiger partial charge in [-0.25, -0.2) is 0 Å². The molecule has 0 atom stereocenters. The molecule has 0 aliphatic carbocycles. The first-order valence-corrected chi connectivity index (χ1v) is 5.76. The van der Waals surface area contributed by atoms with E-state index >= 15 is 0 Å². The minimum absolute atomic E-state index is 1.08. The van der Waals surface area contributed by atoms with Crippen molar-refractivity contribution in [1.82, 2.24) is 4.98 Å². The fraction of sp³-hybridized carbons (Fsp3) is 0.267. The highest BCUT2D eigenvalue weighted by atomic mass is 14.7. The average molecular weight is 213 g/mol. The van der Waals surface area contributed by atoms with Crippen LogP contribution >= 0.6 is 0 Å². The lowest BCUT2D eigenvalue weighted by atomic mass is 10.0. The Balaban J connectivity index is 0.000000606. The topological polar surface area (TPSA) is 12.9 Å². The van der Waals surface area contributed by atoms with Crippen LogP contribution in [0.3, 0.4) is 0 Å². The Morgan fingerprint density at radius 2 is 1.50 bits per heavy atom. The maximum Gasteiger partial charge on any atom is 0.0450 e. The van der Waals surface area contributed by atoms with Gasteiger partial charge in [-0.1, -0.05) is 49.7 Å². The third-order valence-corrected chi connectivity index (χ3v) is 2.37. The van der Waals surface area contributed by atoms with Crippen molar-refractivity contribution in [2.45, 2.75) is 27.7 Å². The molecular weight excluding hydrogens is 194 g/mol. The van der Waals surface area contributed by atoms with Gasteiger partial charge in [0.25, 0.3) is 0 Å². The molecule has 0 aliphatic rings. The number of benzene rings is 1. The van der Waals surface area contributed by atoms with E-state index in [2.05, 4.69) is 42.2 Å². The summed E-state index contributed by atoms with van der Waals surface area (Å²) in [6.45, 7) is 8.13. The SMILES string of the molecule is CC.Cc1ccc(-c2cccnc2C)cc1. The summed E-state index contributed by atoms with van der Waals surface area (Å²) < 4.78 is 0. The van der Waals surface area contributed by atoms with Crippen LogP contribution in [0.15, 0.2) is 42.6 Å². The molecule has 0 amide bonds. The normalized spacial score (nSPS) is 9.25. The summed E-state index contributed by atoms with van der Waals surface area (Å²) in [5.41, 5.74) is 4.82. The molecule has 0 unspecified atom stereocenters. The van der Waals surface area contributed by atoms with Crippen molar-refractivity contribution in [2.75, 3.05) is 0 Å². The highest BCUT2D eigenvalue weighted by Gasteiger charge is 2.00. The molecule has 0 radical (unpaired) electrons. The smallest absolute Gasteiger partial charge is 0.0450 e. The van der Waals surface area contributed by atoms with Gasteiger partial charge in [0.2, 0.25) is 0 Å². The van der Waals surface area contributed by atoms with Gasteiger partial charge in [0, 0.05) is 17.5 Å². The van der Waals surface area contributed by atoms with Crippen molar-refractivity contribution in [3.63, 3.8) is 0 Å². The van der Waals surface area contributed by atoms with E-state index in [0.29, 0.717) is 0 Å². The zero-order valence-corrected chi connectivity index (χ0v) is 10.5. The van der Waals surface area contributed by atoms with E-state index in [1.54, 1.807) is 0 Å². The van der Waals surface area contributed by atoms with Crippen LogP contribution in [0.1, 0.15) is 25.1 Å². The Morgan fingerprint density at radius 1 is 0.875 bits per heavy atom. The Morgan fingerprint density at radius 3 is 2.06 bits per heavy atom. The second kappa shape index (κ2) is 6.06. The lowest BCUT2D eigenvalue weighted by Crippen LogP contribution is -1.86. The number of aryl methyl sites for hydroxylation is 2. The van der Waals surface area contributed by atoms with E-state index in [1.807, 2.05) is 33.0 Å². The fourth-order valence-electron chi connectivity index (χ4n) is 1.52. The molecule has 0 bridgehead atoms. The van der Waals surface area contributed by atoms with Gasteiger partial charge in [-0.05, 0) is 25.5 Å². The summed E-state index contributed by atoms with van der Waals surface area (Å²) in [6.07, 6.45) is 1.83. The molecule has 16 heavy (non-hydrogen) atoms. The summed E-state index contributed by atoms with van der Waals surface area (Å²) in [7, 11) is 0. The van der Waals surface area contributed by atoms with Crippen LogP contribution in [-0.4, -0.2) is 4.98 Å². The number of aromatic nitrogens is 1. The molecule has 2 rings (SSSR count). The van der Waals surface area contributed by atoms with E-state index in [4.69, 9.17) is 0 Å². The third-order valence-electron chi connectivity index (χ3n) is 2.37. The molecule has 0 fully saturated rings. The molecule has 1 nitrogen and oxygen atoms in total. The van der Waals surface area contributed by atoms with Crippen LogP contribution in [0, 0.1) is 13.8 Å². The van der Waals surface area contributed by atoms with Crippen molar-refractivity contribution >= 4 is 0 Å². The first-order valence-electron chi connectivity index (χ1n) is 5.76. The first-order chi connectivity index (χ1) is 7.77. The van der Waals surface area contributed by atoms with Crippen molar-refractivity contribution in [3.8, 4) is 11.1 Å². The molecule has 2 aromatic rings. The van der Waals surface area contributed by atoms with E-state index in [9.17, 15) is 0 Å². The van der Waals surface area contributed by atoms with E-state index in [0.717, 1.165) is 5.69 Å². The van der Waals surface area contributed by atoms with Crippen LogP contribution in [0.5, 0.6) is 0 Å². The molecule has 0 saturated carbocycles. The first kappa shape index (κ1) is 12.4. The minimum Gasteiger partial charge on any atom is -0.261 e. The molecule has 0 N–H and O–H groups in total. The quantitative estimate of drug-likeness (QED) is 0.684. The predicted molar refractivity (Wildman–Crippen MR) is 70.5 cm³/mol. The van der Waals surface area contributed by atoms with Crippen molar-refractivity contribution < 1.29 is 0 Å². The molecule has 0 aliphatic heterocycles. The third kappa shape index (κ3) is 2.93. The van der Waals surface area contributed by atoms with Crippen LogP contribution in [0.25, 0.3) is 11.1 Å². The number of hydrogen-bond acceptors (Lipinski definition) is 1. The summed E-state index contributed by atoms with van der Waals surface area (Å²) in [4.78, 5) is 4.28. The molecular formula is C15H19N. The fourth-order valence-corrected chi connectivity index (χ4v) is 1.52. The molecule has 1 aromatic carbocycles. The van der Waals surface area contributed by atoms with Crippen LogP contribution < -0.4 is 0 Å². The Hall–Kier alpha value is -1.63. The lowest BCUT2D eigenvalue weighted by Gasteiger charge is -2.04. The zero-order chi connectivity index (χ0) is 12.0. The number of pyridine rings is 1. The summed E-state index contributed by atoms with van der Waals surface area (Å²) in [6, 6.07) is 12.6. The van der Waals surface area contributed by atoms with Crippen molar-refractivity contribution in [2.24, 2.45) is 0 Å². The Labute approximate surface area is 98.2 Å². The highest BCUT2D eigenvalue weighted by Crippen LogP contribution is 2.21. The van der Waals surface area contributed by atoms with E-state index in [1.165, 1.54) is 16.7 Å². The van der Waals surface area contributed by atoms with Gasteiger partial charge in [-0.2, -0.15) is 0 Å². The van der Waals surface area contributed by atoms with E-state index in [-0.39, 0.29) is 0 Å². The summed E-state index contributed by atoms with van der Waals surface area (Å²) >= 11 is 0. The lowest BCUT2D eigenvalue weighted by molar-refractivity contribution is 1.20. The number of nitrogens with zero attached hydrogens (tertiary/aromatic N) is 1. The maximum absolute atomic E-state index is 4.28. The monoisotopic (exact) mass is 213 g/mol. The zero-order valence-electron chi connectivity index (χ0n) is 10.5. The van der Waals surface area contributed by atoms with Crippen LogP contribution in [0.4, 0.5) is 0 Å². The molecule has 0 spiro atoms. The standard InChI is InChI=1S/C13H13N.C2H6/c1-10-5-7-12(8-6-10)13-4-3-9-14-11(13)2;1-2/h3-9H,1-2H3;1-2H3. The van der Waals surface area contributed by atoms with Gasteiger partial charge in [0.15, 0.2) is 0 Å². The summed E-state index contributed by atoms with van der Waals surface area (Å²) in [5, 5.41) is 0. The number of hydrogen-bond donors (Lipinski definition) is 0. The van der Waals surface area contributed by atoms with Gasteiger partial charge in [-0.3, -0.25) is 4.98 Å². The largest absolute Gasteiger partial charge is 0.261 e. The summed E-state index contributed by atoms with van der Waals surface area (Å²) in [5.74, 6) is 0. The van der Waals surface area contributed by atoms with Gasteiger partial charge < -0.3 is 0 Å². The second-order valence-electron chi connectivity index (χ2n) is 3.50. The van der Waals surface area contributed by atoms with E-state index < -0.39 is 0 Å². The Bertz CT molecular complexity index is 429. The molecule has 0 saturated heterocycles. The molecule has 84 valence electrons. The van der Waals surface area contributed by atoms with Crippen LogP contribution in [0.2, 0.25) is 0 Å². The molecule has 1 aromatic heterocycles. The van der Waals surface area contributed by atoms with Crippen molar-refractivity contribution in [1.29, 1.82) is 0 Å². The van der Waals surface area contributed by atoms with Crippen LogP contribution in [-0.2, 0) is 0 Å². The van der Waals surface area contributed by atoms with Gasteiger partial charge in [0.1, 0.15) is 0 Å². The molecule has 1 heteroatoms. The predicted octanol–water partition coefficient (Wildman–Crippen LogP) is 4.39. The Kier molecular flexibility index (Phi) is 4.71. The molecule has 1 heterocycles. The van der Waals surface area contributed by atoms with Crippen molar-refractivity contribution in [3.05, 3.63) is 53.9 Å². The maximum atomic E-state index is 4.28. The van der Waals surface area contributed by atoms with Gasteiger partial charge in [0.05, 0.1) is 0 Å². The van der Waals surface area contributed by atoms with Gasteiger partial charge in [-0.15, -0.1) is 0 Å². The minimum atomic E-state index is 1.08. The van der Waals surface area contributed by atoms with Gasteiger partial charge >= 0.3 is 0 Å².